The number of hydrogen-bond acceptors (Lipinski definition) is 6. The van der Waals surface area contributed by atoms with Gasteiger partial charge in [0.15, 0.2) is 18.1 Å². The topological polar surface area (TPSA) is 112 Å². The second-order valence-electron chi connectivity index (χ2n) is 6.78. The van der Waals surface area contributed by atoms with Crippen molar-refractivity contribution in [1.29, 1.82) is 0 Å². The highest BCUT2D eigenvalue weighted by molar-refractivity contribution is 9.10. The van der Waals surface area contributed by atoms with Gasteiger partial charge in [-0.25, -0.2) is 5.43 Å². The second kappa shape index (κ2) is 11.7. The van der Waals surface area contributed by atoms with Crippen LogP contribution in [0.1, 0.15) is 21.5 Å². The van der Waals surface area contributed by atoms with Crippen molar-refractivity contribution >= 4 is 34.0 Å². The minimum Gasteiger partial charge on any atom is -0.493 e. The standard InChI is InChI=1S/C24H22BrN3O5/c1-31-22-12-17(7-9-21(22)32-14-16-5-3-2-4-6-16)24(30)28-27-13-18-11-19(25)8-10-20(18)33-15-23(26)29/h2-13H,14-15H2,1H3,(H2,26,29)(H,28,30)/b27-13+. The first-order valence-electron chi connectivity index (χ1n) is 9.85. The minimum atomic E-state index is -0.598. The molecule has 0 radical (unpaired) electrons. The van der Waals surface area contributed by atoms with Gasteiger partial charge in [-0.1, -0.05) is 46.3 Å². The lowest BCUT2D eigenvalue weighted by Crippen LogP contribution is -2.20. The van der Waals surface area contributed by atoms with E-state index in [2.05, 4.69) is 26.5 Å². The molecular weight excluding hydrogens is 490 g/mol. The summed E-state index contributed by atoms with van der Waals surface area (Å²) >= 11 is 3.36. The smallest absolute Gasteiger partial charge is 0.271 e. The van der Waals surface area contributed by atoms with Crippen LogP contribution in [0.5, 0.6) is 17.2 Å². The number of methoxy groups -OCH3 is 1. The summed E-state index contributed by atoms with van der Waals surface area (Å²) in [5.41, 5.74) is 9.49. The molecule has 0 aliphatic rings. The molecule has 3 aromatic carbocycles. The van der Waals surface area contributed by atoms with Crippen LogP contribution in [-0.4, -0.2) is 31.7 Å². The van der Waals surface area contributed by atoms with E-state index in [1.807, 2.05) is 30.3 Å². The number of primary amides is 1. The molecule has 8 nitrogen and oxygen atoms in total. The molecule has 9 heteroatoms. The van der Waals surface area contributed by atoms with E-state index in [9.17, 15) is 9.59 Å². The van der Waals surface area contributed by atoms with Gasteiger partial charge in [-0.3, -0.25) is 9.59 Å². The van der Waals surface area contributed by atoms with Gasteiger partial charge in [0.2, 0.25) is 0 Å². The zero-order chi connectivity index (χ0) is 23.6. The summed E-state index contributed by atoms with van der Waals surface area (Å²) in [5, 5.41) is 3.99. The van der Waals surface area contributed by atoms with Crippen LogP contribution in [0.25, 0.3) is 0 Å². The van der Waals surface area contributed by atoms with Crippen molar-refractivity contribution in [1.82, 2.24) is 5.43 Å². The Morgan fingerprint density at radius 3 is 2.48 bits per heavy atom. The van der Waals surface area contributed by atoms with Gasteiger partial charge >= 0.3 is 0 Å². The monoisotopic (exact) mass is 511 g/mol. The Morgan fingerprint density at radius 1 is 1.00 bits per heavy atom. The van der Waals surface area contributed by atoms with Gasteiger partial charge in [-0.15, -0.1) is 0 Å². The molecular formula is C24H22BrN3O5. The lowest BCUT2D eigenvalue weighted by molar-refractivity contribution is -0.119. The number of nitrogens with two attached hydrogens (primary N) is 1. The molecule has 0 heterocycles. The van der Waals surface area contributed by atoms with E-state index in [0.717, 1.165) is 10.0 Å². The van der Waals surface area contributed by atoms with Crippen LogP contribution in [0.15, 0.2) is 76.3 Å². The normalized spacial score (nSPS) is 10.6. The Hall–Kier alpha value is -3.85. The summed E-state index contributed by atoms with van der Waals surface area (Å²) in [5.74, 6) is 0.313. The molecule has 0 saturated heterocycles. The van der Waals surface area contributed by atoms with Gasteiger partial charge in [-0.2, -0.15) is 5.10 Å². The molecule has 0 bridgehead atoms. The predicted octanol–water partition coefficient (Wildman–Crippen LogP) is 3.66. The van der Waals surface area contributed by atoms with Crippen molar-refractivity contribution in [3.63, 3.8) is 0 Å². The van der Waals surface area contributed by atoms with Crippen LogP contribution in [0.4, 0.5) is 0 Å². The molecule has 3 rings (SSSR count). The molecule has 0 unspecified atom stereocenters. The molecule has 170 valence electrons. The maximum Gasteiger partial charge on any atom is 0.271 e. The number of nitrogens with one attached hydrogen (secondary N) is 1. The average molecular weight is 512 g/mol. The van der Waals surface area contributed by atoms with Gasteiger partial charge in [0.1, 0.15) is 12.4 Å². The third-order valence-electron chi connectivity index (χ3n) is 4.37. The molecule has 0 spiro atoms. The van der Waals surface area contributed by atoms with Gasteiger partial charge in [0, 0.05) is 15.6 Å². The van der Waals surface area contributed by atoms with Crippen LogP contribution in [0.3, 0.4) is 0 Å². The summed E-state index contributed by atoms with van der Waals surface area (Å²) in [6, 6.07) is 19.7. The van der Waals surface area contributed by atoms with Crippen LogP contribution < -0.4 is 25.4 Å². The lowest BCUT2D eigenvalue weighted by Gasteiger charge is -2.12. The Bertz CT molecular complexity index is 1150. The van der Waals surface area contributed by atoms with Crippen LogP contribution in [0.2, 0.25) is 0 Å². The highest BCUT2D eigenvalue weighted by Gasteiger charge is 2.11. The lowest BCUT2D eigenvalue weighted by atomic mass is 10.2. The first-order chi connectivity index (χ1) is 16.0. The van der Waals surface area contributed by atoms with Crippen molar-refractivity contribution in [2.75, 3.05) is 13.7 Å². The van der Waals surface area contributed by atoms with E-state index in [1.54, 1.807) is 36.4 Å². The quantitative estimate of drug-likeness (QED) is 0.318. The highest BCUT2D eigenvalue weighted by Crippen LogP contribution is 2.29. The number of hydrazone groups is 1. The summed E-state index contributed by atoms with van der Waals surface area (Å²) in [6.07, 6.45) is 1.41. The number of carbonyl (C=O) groups is 2. The first kappa shape index (κ1) is 23.8. The third-order valence-corrected chi connectivity index (χ3v) is 4.87. The molecule has 0 fully saturated rings. The Balaban J connectivity index is 1.66. The first-order valence-corrected chi connectivity index (χ1v) is 10.6. The number of carbonyl (C=O) groups excluding carboxylic acids is 2. The van der Waals surface area contributed by atoms with Crippen molar-refractivity contribution in [2.45, 2.75) is 6.61 Å². The molecule has 0 saturated carbocycles. The molecule has 3 N–H and O–H groups in total. The van der Waals surface area contributed by atoms with E-state index in [4.69, 9.17) is 19.9 Å². The molecule has 33 heavy (non-hydrogen) atoms. The largest absolute Gasteiger partial charge is 0.493 e. The molecule has 3 aromatic rings. The van der Waals surface area contributed by atoms with Crippen molar-refractivity contribution < 1.29 is 23.8 Å². The van der Waals surface area contributed by atoms with Crippen LogP contribution in [-0.2, 0) is 11.4 Å². The maximum absolute atomic E-state index is 12.5. The zero-order valence-corrected chi connectivity index (χ0v) is 19.4. The van der Waals surface area contributed by atoms with Crippen molar-refractivity contribution in [3.05, 3.63) is 87.9 Å². The van der Waals surface area contributed by atoms with Crippen molar-refractivity contribution in [2.24, 2.45) is 10.8 Å². The number of nitrogens with zero attached hydrogens (tertiary/aromatic N) is 1. The van der Waals surface area contributed by atoms with E-state index in [-0.39, 0.29) is 6.61 Å². The number of rotatable bonds is 10. The fraction of sp³-hybridized carbons (Fsp3) is 0.125. The fourth-order valence-corrected chi connectivity index (χ4v) is 3.17. The number of amides is 2. The molecule has 0 atom stereocenters. The van der Waals surface area contributed by atoms with Gasteiger partial charge in [0.25, 0.3) is 11.8 Å². The highest BCUT2D eigenvalue weighted by atomic mass is 79.9. The Labute approximate surface area is 199 Å². The van der Waals surface area contributed by atoms with Crippen molar-refractivity contribution in [3.8, 4) is 17.2 Å². The maximum atomic E-state index is 12.5. The molecule has 0 aliphatic heterocycles. The summed E-state index contributed by atoms with van der Waals surface area (Å²) in [7, 11) is 1.51. The van der Waals surface area contributed by atoms with Crippen LogP contribution in [0, 0.1) is 0 Å². The zero-order valence-electron chi connectivity index (χ0n) is 17.8. The van der Waals surface area contributed by atoms with Crippen LogP contribution >= 0.6 is 15.9 Å². The molecule has 2 amide bonds. The number of halogens is 1. The van der Waals surface area contributed by atoms with Gasteiger partial charge in [-0.05, 0) is 42.0 Å². The average Bonchev–Trinajstić information content (AvgIpc) is 2.82. The molecule has 0 aliphatic carbocycles. The van der Waals surface area contributed by atoms with Gasteiger partial charge < -0.3 is 19.9 Å². The number of ether oxygens (including phenoxy) is 3. The second-order valence-corrected chi connectivity index (χ2v) is 7.69. The fourth-order valence-electron chi connectivity index (χ4n) is 2.79. The van der Waals surface area contributed by atoms with E-state index in [0.29, 0.717) is 35.0 Å². The van der Waals surface area contributed by atoms with E-state index >= 15 is 0 Å². The minimum absolute atomic E-state index is 0.271. The summed E-state index contributed by atoms with van der Waals surface area (Å²) < 4.78 is 17.3. The third kappa shape index (κ3) is 7.08. The summed E-state index contributed by atoms with van der Waals surface area (Å²) in [4.78, 5) is 23.5. The Kier molecular flexibility index (Phi) is 8.43. The Morgan fingerprint density at radius 2 is 1.76 bits per heavy atom. The summed E-state index contributed by atoms with van der Waals surface area (Å²) in [6.45, 7) is 0.104. The van der Waals surface area contributed by atoms with Gasteiger partial charge in [0.05, 0.1) is 13.3 Å². The van der Waals surface area contributed by atoms with E-state index < -0.39 is 11.8 Å². The SMILES string of the molecule is COc1cc(C(=O)N/N=C/c2cc(Br)ccc2OCC(N)=O)ccc1OCc1ccccc1. The number of hydrogen-bond donors (Lipinski definition) is 2. The molecule has 0 aromatic heterocycles. The predicted molar refractivity (Wildman–Crippen MR) is 128 cm³/mol. The number of benzene rings is 3. The van der Waals surface area contributed by atoms with E-state index in [1.165, 1.54) is 13.3 Å².